The van der Waals surface area contributed by atoms with Gasteiger partial charge in [-0.1, -0.05) is 74.0 Å². The summed E-state index contributed by atoms with van der Waals surface area (Å²) in [6.45, 7) is 4.29. The van der Waals surface area contributed by atoms with Crippen LogP contribution in [0.3, 0.4) is 0 Å². The molecule has 362 valence electrons. The summed E-state index contributed by atoms with van der Waals surface area (Å²) in [5.41, 5.74) is 8.63. The maximum atomic E-state index is 14.1. The maximum absolute atomic E-state index is 14.1. The third kappa shape index (κ3) is 12.6. The van der Waals surface area contributed by atoms with E-state index in [1.807, 2.05) is 107 Å². The van der Waals surface area contributed by atoms with Gasteiger partial charge in [-0.05, 0) is 197 Å². The number of hydrogen-bond donors (Lipinski definition) is 0. The minimum atomic E-state index is -0.436. The molecule has 2 amide bonds. The minimum Gasteiger partial charge on any atom is -0.465 e. The Morgan fingerprint density at radius 2 is 0.611 bits per heavy atom. The van der Waals surface area contributed by atoms with E-state index in [0.29, 0.717) is 34.1 Å². The fourth-order valence-electron chi connectivity index (χ4n) is 9.86. The number of esters is 2. The van der Waals surface area contributed by atoms with E-state index in [9.17, 15) is 19.2 Å². The second-order valence-corrected chi connectivity index (χ2v) is 18.8. The van der Waals surface area contributed by atoms with Crippen LogP contribution in [0.2, 0.25) is 0 Å². The SMILES string of the molecule is COC(=O)c1ccc(C(=O)N(c2ccc(C#Cc3ccc(C#Cc4ccc(C#Cc5ccc(N(C(=O)c6ccc(C(=O)OC)cc6)[C@H](C)C6CCCCC6)cc5)cc4)cc3)cc2)[C@H](C)C2CCCCC2)cc1. The first-order valence-corrected chi connectivity index (χ1v) is 25.1. The number of rotatable bonds is 10. The first-order chi connectivity index (χ1) is 35.1. The normalized spacial score (nSPS) is 14.3. The van der Waals surface area contributed by atoms with Crippen LogP contribution in [0.15, 0.2) is 146 Å². The van der Waals surface area contributed by atoms with Crippen LogP contribution < -0.4 is 9.80 Å². The highest BCUT2D eigenvalue weighted by Crippen LogP contribution is 2.34. The summed E-state index contributed by atoms with van der Waals surface area (Å²) in [6, 6.07) is 44.8. The lowest BCUT2D eigenvalue weighted by Crippen LogP contribution is -2.43. The van der Waals surface area contributed by atoms with Gasteiger partial charge in [0, 0.05) is 68.0 Å². The highest BCUT2D eigenvalue weighted by molar-refractivity contribution is 6.08. The lowest BCUT2D eigenvalue weighted by Gasteiger charge is -2.37. The van der Waals surface area contributed by atoms with Gasteiger partial charge in [-0.15, -0.1) is 0 Å². The Morgan fingerprint density at radius 1 is 0.375 bits per heavy atom. The molecule has 0 bridgehead atoms. The van der Waals surface area contributed by atoms with Gasteiger partial charge in [-0.25, -0.2) is 9.59 Å². The molecule has 0 saturated heterocycles. The third-order valence-corrected chi connectivity index (χ3v) is 14.1. The van der Waals surface area contributed by atoms with Gasteiger partial charge in [0.1, 0.15) is 0 Å². The molecule has 2 fully saturated rings. The Bertz CT molecular complexity index is 2830. The van der Waals surface area contributed by atoms with Crippen LogP contribution in [-0.2, 0) is 9.47 Å². The fourth-order valence-corrected chi connectivity index (χ4v) is 9.86. The monoisotopic (exact) mass is 952 g/mol. The number of carbonyl (C=O) groups excluding carboxylic acids is 4. The van der Waals surface area contributed by atoms with Crippen LogP contribution in [-0.4, -0.2) is 50.1 Å². The van der Waals surface area contributed by atoms with Crippen molar-refractivity contribution in [2.75, 3.05) is 24.0 Å². The van der Waals surface area contributed by atoms with Gasteiger partial charge in [0.15, 0.2) is 0 Å². The Hall–Kier alpha value is -8.12. The molecule has 6 aromatic rings. The van der Waals surface area contributed by atoms with Crippen LogP contribution in [0.4, 0.5) is 11.4 Å². The van der Waals surface area contributed by atoms with E-state index in [1.54, 1.807) is 48.5 Å². The zero-order chi connectivity index (χ0) is 50.4. The number of benzene rings is 6. The van der Waals surface area contributed by atoms with Crippen LogP contribution in [0.1, 0.15) is 153 Å². The molecule has 0 aromatic heterocycles. The van der Waals surface area contributed by atoms with Crippen molar-refractivity contribution in [2.24, 2.45) is 11.8 Å². The molecule has 2 aliphatic rings. The molecule has 8 rings (SSSR count). The second-order valence-electron chi connectivity index (χ2n) is 18.8. The zero-order valence-corrected chi connectivity index (χ0v) is 41.6. The molecule has 0 N–H and O–H groups in total. The molecule has 8 nitrogen and oxygen atoms in total. The number of hydrogen-bond acceptors (Lipinski definition) is 6. The first-order valence-electron chi connectivity index (χ1n) is 25.1. The van der Waals surface area contributed by atoms with E-state index in [1.165, 1.54) is 52.7 Å². The van der Waals surface area contributed by atoms with E-state index in [4.69, 9.17) is 9.47 Å². The highest BCUT2D eigenvalue weighted by Gasteiger charge is 2.32. The van der Waals surface area contributed by atoms with E-state index >= 15 is 0 Å². The molecule has 0 spiro atoms. The van der Waals surface area contributed by atoms with Gasteiger partial charge >= 0.3 is 11.9 Å². The summed E-state index contributed by atoms with van der Waals surface area (Å²) in [6.07, 6.45) is 11.5. The number of nitrogens with zero attached hydrogens (tertiary/aromatic N) is 2. The molecular weight excluding hydrogens is 893 g/mol. The third-order valence-electron chi connectivity index (χ3n) is 14.1. The van der Waals surface area contributed by atoms with Crippen molar-refractivity contribution in [3.63, 3.8) is 0 Å². The Kier molecular flexibility index (Phi) is 16.9. The van der Waals surface area contributed by atoms with Crippen molar-refractivity contribution in [3.8, 4) is 35.5 Å². The van der Waals surface area contributed by atoms with Crippen molar-refractivity contribution in [2.45, 2.75) is 90.1 Å². The number of methoxy groups -OCH3 is 2. The highest BCUT2D eigenvalue weighted by atomic mass is 16.5. The lowest BCUT2D eigenvalue weighted by atomic mass is 9.83. The molecule has 6 aromatic carbocycles. The fraction of sp³-hybridized carbons (Fsp3) is 0.281. The number of anilines is 2. The van der Waals surface area contributed by atoms with E-state index in [-0.39, 0.29) is 23.9 Å². The summed E-state index contributed by atoms with van der Waals surface area (Å²) < 4.78 is 9.69. The van der Waals surface area contributed by atoms with E-state index < -0.39 is 11.9 Å². The van der Waals surface area contributed by atoms with Gasteiger partial charge in [0.25, 0.3) is 11.8 Å². The molecular formula is C64H60N2O6. The van der Waals surface area contributed by atoms with Crippen LogP contribution in [0.5, 0.6) is 0 Å². The maximum Gasteiger partial charge on any atom is 0.337 e. The standard InChI is InChI=1S/C64H60N2O6/c1-45(53-11-7-5-8-12-53)65(61(67)55-33-37-57(38-34-55)63(69)71-3)59-41-29-51(30-42-59)27-25-49-21-17-47(18-22-49)15-16-48-19-23-50(24-20-48)26-28-52-31-43-60(44-32-52)66(46(2)54-13-9-6-10-14-54)62(68)56-35-39-58(40-36-56)64(70)72-4/h17-24,29-46,53-54H,5-14H2,1-4H3/t45-,46-/m1/s1. The average molecular weight is 953 g/mol. The topological polar surface area (TPSA) is 93.2 Å². The number of carbonyl (C=O) groups is 4. The van der Waals surface area contributed by atoms with Gasteiger partial charge < -0.3 is 19.3 Å². The first kappa shape index (κ1) is 50.3. The largest absolute Gasteiger partial charge is 0.465 e. The second kappa shape index (κ2) is 24.1. The van der Waals surface area contributed by atoms with Gasteiger partial charge in [-0.2, -0.15) is 0 Å². The van der Waals surface area contributed by atoms with Crippen molar-refractivity contribution in [1.82, 2.24) is 0 Å². The molecule has 72 heavy (non-hydrogen) atoms. The molecule has 0 aliphatic heterocycles. The van der Waals surface area contributed by atoms with E-state index in [0.717, 1.165) is 70.4 Å². The molecule has 8 heteroatoms. The lowest BCUT2D eigenvalue weighted by molar-refractivity contribution is 0.0592. The van der Waals surface area contributed by atoms with Crippen LogP contribution in [0, 0.1) is 47.4 Å². The quantitative estimate of drug-likeness (QED) is 0.100. The number of amides is 2. The Labute approximate surface area is 424 Å². The molecule has 0 unspecified atom stereocenters. The predicted octanol–water partition coefficient (Wildman–Crippen LogP) is 12.7. The van der Waals surface area contributed by atoms with Gasteiger partial charge in [-0.3, -0.25) is 9.59 Å². The average Bonchev–Trinajstić information content (AvgIpc) is 3.44. The molecule has 0 heterocycles. The summed E-state index contributed by atoms with van der Waals surface area (Å²) in [4.78, 5) is 56.1. The smallest absolute Gasteiger partial charge is 0.337 e. The van der Waals surface area contributed by atoms with Crippen LogP contribution >= 0.6 is 0 Å². The molecule has 2 atom stereocenters. The van der Waals surface area contributed by atoms with Crippen molar-refractivity contribution in [1.29, 1.82) is 0 Å². The van der Waals surface area contributed by atoms with Gasteiger partial charge in [0.2, 0.25) is 0 Å². The zero-order valence-electron chi connectivity index (χ0n) is 41.6. The van der Waals surface area contributed by atoms with Crippen molar-refractivity contribution in [3.05, 3.63) is 201 Å². The van der Waals surface area contributed by atoms with Crippen molar-refractivity contribution >= 4 is 35.1 Å². The number of ether oxygens (including phenoxy) is 2. The van der Waals surface area contributed by atoms with Crippen molar-refractivity contribution < 1.29 is 28.7 Å². The van der Waals surface area contributed by atoms with Crippen LogP contribution in [0.25, 0.3) is 0 Å². The summed E-state index contributed by atoms with van der Waals surface area (Å²) >= 11 is 0. The molecule has 2 aliphatic carbocycles. The minimum absolute atomic E-state index is 0.0000372. The van der Waals surface area contributed by atoms with E-state index in [2.05, 4.69) is 49.4 Å². The Morgan fingerprint density at radius 3 is 0.861 bits per heavy atom. The summed E-state index contributed by atoms with van der Waals surface area (Å²) in [5, 5.41) is 0. The van der Waals surface area contributed by atoms with Gasteiger partial charge in [0.05, 0.1) is 25.3 Å². The summed E-state index contributed by atoms with van der Waals surface area (Å²) in [5.74, 6) is 19.3. The Balaban J connectivity index is 0.891. The molecule has 0 radical (unpaired) electrons. The summed E-state index contributed by atoms with van der Waals surface area (Å²) in [7, 11) is 2.69. The predicted molar refractivity (Wildman–Crippen MR) is 285 cm³/mol. The molecule has 2 saturated carbocycles.